The molecule has 3 saturated carbocycles. The fourth-order valence-electron chi connectivity index (χ4n) is 4.24. The highest BCUT2D eigenvalue weighted by Gasteiger charge is 2.48. The SMILES string of the molecule is O=C1C[C@@H]2CC[C@H]1[C@@H]1C=Cc3ccccc3[C@H]21. The van der Waals surface area contributed by atoms with E-state index in [9.17, 15) is 4.79 Å². The van der Waals surface area contributed by atoms with Crippen molar-refractivity contribution in [2.75, 3.05) is 0 Å². The molecule has 5 rings (SSSR count). The molecule has 4 aliphatic rings. The fourth-order valence-corrected chi connectivity index (χ4v) is 4.24. The molecule has 0 aromatic heterocycles. The molecule has 1 aromatic carbocycles. The number of hydrogen-bond acceptors (Lipinski definition) is 1. The second-order valence-corrected chi connectivity index (χ2v) is 5.71. The van der Waals surface area contributed by atoms with E-state index in [0.29, 0.717) is 29.5 Å². The summed E-state index contributed by atoms with van der Waals surface area (Å²) in [6.07, 6.45) is 7.73. The molecule has 0 saturated heterocycles. The molecule has 1 aromatic rings. The zero-order valence-electron chi connectivity index (χ0n) is 9.80. The zero-order chi connectivity index (χ0) is 11.4. The van der Waals surface area contributed by atoms with Crippen LogP contribution in [0.25, 0.3) is 6.08 Å². The summed E-state index contributed by atoms with van der Waals surface area (Å²) < 4.78 is 0. The maximum Gasteiger partial charge on any atom is 0.136 e. The molecule has 1 nitrogen and oxygen atoms in total. The van der Waals surface area contributed by atoms with Crippen LogP contribution in [0, 0.1) is 17.8 Å². The lowest BCUT2D eigenvalue weighted by Crippen LogP contribution is -2.44. The minimum Gasteiger partial charge on any atom is -0.299 e. The number of fused-ring (bicyclic) bond motifs is 3. The third-order valence-corrected chi connectivity index (χ3v) is 4.97. The second-order valence-electron chi connectivity index (χ2n) is 5.71. The average molecular weight is 224 g/mol. The molecule has 4 atom stereocenters. The van der Waals surface area contributed by atoms with Crippen LogP contribution in [-0.4, -0.2) is 5.78 Å². The van der Waals surface area contributed by atoms with E-state index in [1.165, 1.54) is 17.5 Å². The molecule has 0 amide bonds. The van der Waals surface area contributed by atoms with Gasteiger partial charge in [-0.15, -0.1) is 0 Å². The number of ketones is 1. The van der Waals surface area contributed by atoms with Gasteiger partial charge in [0.05, 0.1) is 0 Å². The Labute approximate surface area is 102 Å². The summed E-state index contributed by atoms with van der Waals surface area (Å²) in [6, 6.07) is 8.71. The van der Waals surface area contributed by atoms with Gasteiger partial charge in [0, 0.05) is 12.3 Å². The molecule has 0 N–H and O–H groups in total. The maximum atomic E-state index is 12.0. The van der Waals surface area contributed by atoms with Crippen LogP contribution in [0.2, 0.25) is 0 Å². The number of carbonyl (C=O) groups excluding carboxylic acids is 1. The molecule has 0 radical (unpaired) electrons. The lowest BCUT2D eigenvalue weighted by Gasteiger charge is -2.48. The molecule has 4 aliphatic carbocycles. The number of allylic oxidation sites excluding steroid dienone is 1. The molecule has 1 heteroatoms. The van der Waals surface area contributed by atoms with Crippen LogP contribution >= 0.6 is 0 Å². The lowest BCUT2D eigenvalue weighted by molar-refractivity contribution is -0.132. The van der Waals surface area contributed by atoms with Crippen molar-refractivity contribution in [1.82, 2.24) is 0 Å². The van der Waals surface area contributed by atoms with Crippen molar-refractivity contribution in [2.24, 2.45) is 17.8 Å². The highest BCUT2D eigenvalue weighted by atomic mass is 16.1. The molecule has 0 heterocycles. The third kappa shape index (κ3) is 1.23. The van der Waals surface area contributed by atoms with Crippen molar-refractivity contribution < 1.29 is 4.79 Å². The van der Waals surface area contributed by atoms with Gasteiger partial charge in [-0.1, -0.05) is 36.4 Å². The van der Waals surface area contributed by atoms with E-state index in [2.05, 4.69) is 36.4 Å². The van der Waals surface area contributed by atoms with Crippen molar-refractivity contribution in [3.05, 3.63) is 41.5 Å². The van der Waals surface area contributed by atoms with Crippen LogP contribution < -0.4 is 0 Å². The summed E-state index contributed by atoms with van der Waals surface area (Å²) in [5.41, 5.74) is 2.86. The molecule has 0 unspecified atom stereocenters. The van der Waals surface area contributed by atoms with E-state index in [4.69, 9.17) is 0 Å². The van der Waals surface area contributed by atoms with Gasteiger partial charge in [-0.2, -0.15) is 0 Å². The van der Waals surface area contributed by atoms with E-state index < -0.39 is 0 Å². The first-order valence-corrected chi connectivity index (χ1v) is 6.64. The molecule has 17 heavy (non-hydrogen) atoms. The van der Waals surface area contributed by atoms with Crippen LogP contribution in [0.5, 0.6) is 0 Å². The van der Waals surface area contributed by atoms with Crippen molar-refractivity contribution in [3.8, 4) is 0 Å². The van der Waals surface area contributed by atoms with Crippen LogP contribution in [0.4, 0.5) is 0 Å². The topological polar surface area (TPSA) is 17.1 Å². The largest absolute Gasteiger partial charge is 0.299 e. The summed E-state index contributed by atoms with van der Waals surface area (Å²) in [4.78, 5) is 12.0. The number of Topliss-reactive ketones (excluding diaryl/α,β-unsaturated/α-hetero) is 1. The fraction of sp³-hybridized carbons (Fsp3) is 0.438. The Hall–Kier alpha value is -1.37. The predicted molar refractivity (Wildman–Crippen MR) is 67.5 cm³/mol. The first-order valence-electron chi connectivity index (χ1n) is 6.64. The van der Waals surface area contributed by atoms with Crippen molar-refractivity contribution in [2.45, 2.75) is 25.2 Å². The lowest BCUT2D eigenvalue weighted by atomic mass is 9.54. The van der Waals surface area contributed by atoms with Gasteiger partial charge in [-0.3, -0.25) is 4.79 Å². The van der Waals surface area contributed by atoms with Crippen molar-refractivity contribution in [1.29, 1.82) is 0 Å². The molecular weight excluding hydrogens is 208 g/mol. The Morgan fingerprint density at radius 3 is 2.88 bits per heavy atom. The van der Waals surface area contributed by atoms with Gasteiger partial charge in [0.1, 0.15) is 5.78 Å². The van der Waals surface area contributed by atoms with Gasteiger partial charge in [0.2, 0.25) is 0 Å². The van der Waals surface area contributed by atoms with Gasteiger partial charge >= 0.3 is 0 Å². The molecular formula is C16H16O. The van der Waals surface area contributed by atoms with Crippen LogP contribution in [0.1, 0.15) is 36.3 Å². The van der Waals surface area contributed by atoms with Gasteiger partial charge in [-0.05, 0) is 41.7 Å². The minimum atomic E-state index is 0.314. The van der Waals surface area contributed by atoms with Gasteiger partial charge < -0.3 is 0 Å². The quantitative estimate of drug-likeness (QED) is 0.660. The zero-order valence-corrected chi connectivity index (χ0v) is 9.80. The van der Waals surface area contributed by atoms with E-state index in [1.807, 2.05) is 0 Å². The second kappa shape index (κ2) is 3.32. The highest BCUT2D eigenvalue weighted by molar-refractivity contribution is 5.84. The molecule has 2 bridgehead atoms. The van der Waals surface area contributed by atoms with E-state index in [-0.39, 0.29) is 0 Å². The molecule has 86 valence electrons. The Kier molecular flexibility index (Phi) is 1.88. The number of carbonyl (C=O) groups is 1. The van der Waals surface area contributed by atoms with Crippen LogP contribution in [0.15, 0.2) is 30.3 Å². The van der Waals surface area contributed by atoms with Gasteiger partial charge in [-0.25, -0.2) is 0 Å². The minimum absolute atomic E-state index is 0.314. The summed E-state index contributed by atoms with van der Waals surface area (Å²) in [5, 5.41) is 0. The first kappa shape index (κ1) is 9.64. The standard InChI is InChI=1S/C16H16O/c17-15-9-11-6-7-13(15)14-8-5-10-3-1-2-4-12(10)16(11)14/h1-5,8,11,13-14,16H,6-7,9H2/t11-,13-,14-,16-/m0/s1. The van der Waals surface area contributed by atoms with E-state index in [1.54, 1.807) is 0 Å². The van der Waals surface area contributed by atoms with E-state index >= 15 is 0 Å². The predicted octanol–water partition coefficient (Wildman–Crippen LogP) is 3.41. The normalized spacial score (nSPS) is 37.8. The van der Waals surface area contributed by atoms with Gasteiger partial charge in [0.15, 0.2) is 0 Å². The Morgan fingerprint density at radius 2 is 2.00 bits per heavy atom. The van der Waals surface area contributed by atoms with E-state index in [0.717, 1.165) is 12.8 Å². The molecule has 3 fully saturated rings. The molecule has 0 aliphatic heterocycles. The third-order valence-electron chi connectivity index (χ3n) is 4.97. The average Bonchev–Trinajstić information content (AvgIpc) is 2.39. The smallest absolute Gasteiger partial charge is 0.136 e. The number of benzene rings is 1. The summed E-state index contributed by atoms with van der Waals surface area (Å²) in [6.45, 7) is 0. The maximum absolute atomic E-state index is 12.0. The summed E-state index contributed by atoms with van der Waals surface area (Å²) in [7, 11) is 0. The highest BCUT2D eigenvalue weighted by Crippen LogP contribution is 2.54. The first-order chi connectivity index (χ1) is 8.34. The Bertz CT molecular complexity index is 514. The Morgan fingerprint density at radius 1 is 1.12 bits per heavy atom. The van der Waals surface area contributed by atoms with Crippen molar-refractivity contribution >= 4 is 11.9 Å². The molecule has 0 spiro atoms. The Balaban J connectivity index is 1.86. The van der Waals surface area contributed by atoms with Gasteiger partial charge in [0.25, 0.3) is 0 Å². The number of rotatable bonds is 0. The number of hydrogen-bond donors (Lipinski definition) is 0. The monoisotopic (exact) mass is 224 g/mol. The van der Waals surface area contributed by atoms with Crippen LogP contribution in [-0.2, 0) is 4.79 Å². The summed E-state index contributed by atoms with van der Waals surface area (Å²) in [5.74, 6) is 2.54. The summed E-state index contributed by atoms with van der Waals surface area (Å²) >= 11 is 0. The van der Waals surface area contributed by atoms with Crippen molar-refractivity contribution in [3.63, 3.8) is 0 Å². The van der Waals surface area contributed by atoms with Crippen LogP contribution in [0.3, 0.4) is 0 Å².